The minimum absolute atomic E-state index is 0.106. The molecule has 1 N–H and O–H groups in total. The Labute approximate surface area is 96.7 Å². The molecule has 3 heteroatoms. The van der Waals surface area contributed by atoms with Crippen molar-refractivity contribution in [3.05, 3.63) is 28.3 Å². The van der Waals surface area contributed by atoms with Gasteiger partial charge in [-0.25, -0.2) is 0 Å². The molecule has 0 aliphatic carbocycles. The van der Waals surface area contributed by atoms with Crippen molar-refractivity contribution >= 4 is 0 Å². The van der Waals surface area contributed by atoms with Crippen molar-refractivity contribution in [3.63, 3.8) is 0 Å². The van der Waals surface area contributed by atoms with E-state index in [9.17, 15) is 0 Å². The number of nitrogens with one attached hydrogen (secondary N) is 1. The fourth-order valence-electron chi connectivity index (χ4n) is 2.38. The normalized spacial score (nSPS) is 23.1. The van der Waals surface area contributed by atoms with E-state index in [-0.39, 0.29) is 12.1 Å². The van der Waals surface area contributed by atoms with Gasteiger partial charge >= 0.3 is 0 Å². The fraction of sp³-hybridized carbons (Fsp3) is 0.538. The zero-order valence-electron chi connectivity index (χ0n) is 10.5. The molecule has 0 radical (unpaired) electrons. The molecule has 1 aromatic carbocycles. The Kier molecular flexibility index (Phi) is 2.91. The Morgan fingerprint density at radius 1 is 1.25 bits per heavy atom. The van der Waals surface area contributed by atoms with Crippen LogP contribution in [0.2, 0.25) is 0 Å². The van der Waals surface area contributed by atoms with Gasteiger partial charge in [-0.1, -0.05) is 6.07 Å². The maximum Gasteiger partial charge on any atom is 0.128 e. The molecule has 16 heavy (non-hydrogen) atoms. The minimum Gasteiger partial charge on any atom is -0.488 e. The van der Waals surface area contributed by atoms with Gasteiger partial charge in [0, 0.05) is 5.56 Å². The van der Waals surface area contributed by atoms with Crippen LogP contribution < -0.4 is 10.2 Å². The van der Waals surface area contributed by atoms with Crippen LogP contribution in [0.4, 0.5) is 0 Å². The zero-order chi connectivity index (χ0) is 11.9. The summed E-state index contributed by atoms with van der Waals surface area (Å²) in [5, 5.41) is 0. The van der Waals surface area contributed by atoms with Crippen molar-refractivity contribution in [2.45, 2.75) is 39.8 Å². The van der Waals surface area contributed by atoms with Crippen molar-refractivity contribution in [1.82, 2.24) is 5.48 Å². The van der Waals surface area contributed by atoms with Gasteiger partial charge in [-0.3, -0.25) is 0 Å². The summed E-state index contributed by atoms with van der Waals surface area (Å²) in [6.07, 6.45) is 0.106. The van der Waals surface area contributed by atoms with Crippen molar-refractivity contribution in [1.29, 1.82) is 0 Å². The average Bonchev–Trinajstić information content (AvgIpc) is 2.54. The van der Waals surface area contributed by atoms with Crippen molar-refractivity contribution in [2.75, 3.05) is 7.11 Å². The highest BCUT2D eigenvalue weighted by molar-refractivity contribution is 5.53. The molecule has 2 rings (SSSR count). The number of hydrogen-bond acceptors (Lipinski definition) is 3. The van der Waals surface area contributed by atoms with Crippen LogP contribution in [-0.2, 0) is 4.84 Å². The molecule has 0 saturated carbocycles. The number of hydrogen-bond donors (Lipinski definition) is 1. The molecule has 2 unspecified atom stereocenters. The standard InChI is InChI=1S/C13H19NO2/c1-7-6-8(2)11-12(14-15-5)10(4)16-13(11)9(7)3/h6,10,12,14H,1-5H3. The van der Waals surface area contributed by atoms with E-state index in [1.807, 2.05) is 0 Å². The lowest BCUT2D eigenvalue weighted by Gasteiger charge is -2.16. The summed E-state index contributed by atoms with van der Waals surface area (Å²) in [4.78, 5) is 5.05. The Hall–Kier alpha value is -1.06. The molecule has 0 aromatic heterocycles. The van der Waals surface area contributed by atoms with E-state index in [1.165, 1.54) is 22.3 Å². The third-order valence-corrected chi connectivity index (χ3v) is 3.36. The lowest BCUT2D eigenvalue weighted by atomic mass is 9.95. The van der Waals surface area contributed by atoms with Crippen LogP contribution in [0.15, 0.2) is 6.07 Å². The lowest BCUT2D eigenvalue weighted by molar-refractivity contribution is 0.0337. The van der Waals surface area contributed by atoms with Crippen LogP contribution in [0.5, 0.6) is 5.75 Å². The molecule has 88 valence electrons. The number of rotatable bonds is 2. The van der Waals surface area contributed by atoms with Gasteiger partial charge in [0.2, 0.25) is 0 Å². The number of hydroxylamine groups is 1. The highest BCUT2D eigenvalue weighted by atomic mass is 16.6. The van der Waals surface area contributed by atoms with E-state index in [0.717, 1.165) is 5.75 Å². The summed E-state index contributed by atoms with van der Waals surface area (Å²) in [6, 6.07) is 2.33. The largest absolute Gasteiger partial charge is 0.488 e. The molecule has 1 aliphatic heterocycles. The number of benzene rings is 1. The van der Waals surface area contributed by atoms with Gasteiger partial charge in [0.25, 0.3) is 0 Å². The van der Waals surface area contributed by atoms with Gasteiger partial charge in [0.05, 0.1) is 13.2 Å². The summed E-state index contributed by atoms with van der Waals surface area (Å²) in [5.74, 6) is 1.03. The molecule has 0 bridgehead atoms. The molecule has 0 amide bonds. The third kappa shape index (κ3) is 1.60. The quantitative estimate of drug-likeness (QED) is 0.779. The lowest BCUT2D eigenvalue weighted by Crippen LogP contribution is -2.28. The molecular weight excluding hydrogens is 202 g/mol. The molecular formula is C13H19NO2. The second-order valence-corrected chi connectivity index (χ2v) is 4.50. The van der Waals surface area contributed by atoms with Crippen LogP contribution in [0, 0.1) is 20.8 Å². The molecule has 0 spiro atoms. The Morgan fingerprint density at radius 3 is 2.56 bits per heavy atom. The van der Waals surface area contributed by atoms with Crippen molar-refractivity contribution in [3.8, 4) is 5.75 Å². The SMILES string of the molecule is CONC1c2c(C)cc(C)c(C)c2OC1C. The highest BCUT2D eigenvalue weighted by Crippen LogP contribution is 2.42. The van der Waals surface area contributed by atoms with Crippen LogP contribution in [0.25, 0.3) is 0 Å². The van der Waals surface area contributed by atoms with E-state index in [4.69, 9.17) is 9.57 Å². The van der Waals surface area contributed by atoms with Crippen molar-refractivity contribution in [2.24, 2.45) is 0 Å². The topological polar surface area (TPSA) is 30.5 Å². The molecule has 1 aromatic rings. The summed E-state index contributed by atoms with van der Waals surface area (Å²) < 4.78 is 5.92. The Bertz CT molecular complexity index is 415. The van der Waals surface area contributed by atoms with Crippen LogP contribution >= 0.6 is 0 Å². The van der Waals surface area contributed by atoms with Gasteiger partial charge in [0.1, 0.15) is 11.9 Å². The second-order valence-electron chi connectivity index (χ2n) is 4.50. The minimum atomic E-state index is 0.106. The molecule has 1 aliphatic rings. The molecule has 1 heterocycles. The van der Waals surface area contributed by atoms with Crippen LogP contribution in [0.3, 0.4) is 0 Å². The van der Waals surface area contributed by atoms with E-state index < -0.39 is 0 Å². The summed E-state index contributed by atoms with van der Waals surface area (Å²) in [5.41, 5.74) is 8.02. The fourth-order valence-corrected chi connectivity index (χ4v) is 2.38. The maximum absolute atomic E-state index is 5.92. The van der Waals surface area contributed by atoms with Crippen LogP contribution in [-0.4, -0.2) is 13.2 Å². The Balaban J connectivity index is 2.53. The summed E-state index contributed by atoms with van der Waals surface area (Å²) in [6.45, 7) is 8.41. The maximum atomic E-state index is 5.92. The first-order valence-electron chi connectivity index (χ1n) is 5.62. The average molecular weight is 221 g/mol. The van der Waals surface area contributed by atoms with Gasteiger partial charge in [0.15, 0.2) is 0 Å². The summed E-state index contributed by atoms with van der Waals surface area (Å²) >= 11 is 0. The van der Waals surface area contributed by atoms with Crippen LogP contribution in [0.1, 0.15) is 35.2 Å². The summed E-state index contributed by atoms with van der Waals surface area (Å²) in [7, 11) is 1.64. The molecule has 3 nitrogen and oxygen atoms in total. The van der Waals surface area contributed by atoms with Gasteiger partial charge in [-0.05, 0) is 44.4 Å². The first-order valence-corrected chi connectivity index (χ1v) is 5.62. The smallest absolute Gasteiger partial charge is 0.128 e. The second kappa shape index (κ2) is 4.07. The number of fused-ring (bicyclic) bond motifs is 1. The molecule has 0 fully saturated rings. The van der Waals surface area contributed by atoms with Gasteiger partial charge < -0.3 is 9.57 Å². The van der Waals surface area contributed by atoms with Gasteiger partial charge in [-0.15, -0.1) is 0 Å². The predicted molar refractivity (Wildman–Crippen MR) is 63.6 cm³/mol. The highest BCUT2D eigenvalue weighted by Gasteiger charge is 2.34. The first kappa shape index (κ1) is 11.4. The Morgan fingerprint density at radius 2 is 1.94 bits per heavy atom. The third-order valence-electron chi connectivity index (χ3n) is 3.36. The zero-order valence-corrected chi connectivity index (χ0v) is 10.5. The molecule has 0 saturated heterocycles. The van der Waals surface area contributed by atoms with Crippen molar-refractivity contribution < 1.29 is 9.57 Å². The predicted octanol–water partition coefficient (Wildman–Crippen LogP) is 2.58. The van der Waals surface area contributed by atoms with E-state index in [0.29, 0.717) is 0 Å². The molecule has 2 atom stereocenters. The van der Waals surface area contributed by atoms with E-state index in [2.05, 4.69) is 39.2 Å². The van der Waals surface area contributed by atoms with E-state index >= 15 is 0 Å². The monoisotopic (exact) mass is 221 g/mol. The van der Waals surface area contributed by atoms with Gasteiger partial charge in [-0.2, -0.15) is 5.48 Å². The number of aryl methyl sites for hydroxylation is 2. The van der Waals surface area contributed by atoms with E-state index in [1.54, 1.807) is 7.11 Å². The number of ether oxygens (including phenoxy) is 1. The first-order chi connectivity index (χ1) is 7.56.